The first-order chi connectivity index (χ1) is 7.99. The van der Waals surface area contributed by atoms with Gasteiger partial charge in [0.25, 0.3) is 10.2 Å². The van der Waals surface area contributed by atoms with Crippen molar-refractivity contribution in [2.24, 2.45) is 11.3 Å². The van der Waals surface area contributed by atoms with Gasteiger partial charge in [-0.25, -0.2) is 4.72 Å². The predicted molar refractivity (Wildman–Crippen MR) is 70.4 cm³/mol. The molecule has 0 saturated heterocycles. The van der Waals surface area contributed by atoms with Crippen LogP contribution in [0.4, 0.5) is 0 Å². The molecule has 0 aromatic rings. The zero-order valence-corrected chi connectivity index (χ0v) is 12.5. The van der Waals surface area contributed by atoms with E-state index in [4.69, 9.17) is 5.11 Å². The molecule has 0 aromatic carbocycles. The summed E-state index contributed by atoms with van der Waals surface area (Å²) in [5.41, 5.74) is -0.152. The van der Waals surface area contributed by atoms with Crippen LogP contribution in [0.1, 0.15) is 34.1 Å². The predicted octanol–water partition coefficient (Wildman–Crippen LogP) is 0.910. The first-order valence-electron chi connectivity index (χ1n) is 5.92. The zero-order chi connectivity index (χ0) is 14.6. The quantitative estimate of drug-likeness (QED) is 0.692. The van der Waals surface area contributed by atoms with Crippen LogP contribution in [0.2, 0.25) is 0 Å². The molecule has 6 nitrogen and oxygen atoms in total. The minimum absolute atomic E-state index is 0.0349. The fraction of sp³-hybridized carbons (Fsp3) is 0.909. The molecular weight excluding hydrogens is 256 g/mol. The summed E-state index contributed by atoms with van der Waals surface area (Å²) in [5.74, 6) is -0.677. The minimum Gasteiger partial charge on any atom is -0.481 e. The molecule has 0 radical (unpaired) electrons. The largest absolute Gasteiger partial charge is 0.481 e. The van der Waals surface area contributed by atoms with Crippen LogP contribution in [-0.2, 0) is 15.0 Å². The molecule has 0 aliphatic carbocycles. The van der Waals surface area contributed by atoms with E-state index < -0.39 is 16.2 Å². The number of nitrogens with zero attached hydrogens (tertiary/aromatic N) is 1. The van der Waals surface area contributed by atoms with Crippen molar-refractivity contribution < 1.29 is 18.3 Å². The van der Waals surface area contributed by atoms with Gasteiger partial charge in [0.1, 0.15) is 0 Å². The van der Waals surface area contributed by atoms with Gasteiger partial charge in [0.05, 0.1) is 6.42 Å². The lowest BCUT2D eigenvalue weighted by Crippen LogP contribution is -2.44. The van der Waals surface area contributed by atoms with E-state index in [0.717, 1.165) is 4.31 Å². The van der Waals surface area contributed by atoms with Gasteiger partial charge in [0.2, 0.25) is 0 Å². The number of nitrogens with one attached hydrogen (secondary N) is 1. The van der Waals surface area contributed by atoms with Crippen molar-refractivity contribution in [3.8, 4) is 0 Å². The first kappa shape index (κ1) is 17.3. The van der Waals surface area contributed by atoms with Gasteiger partial charge in [-0.05, 0) is 11.3 Å². The van der Waals surface area contributed by atoms with Crippen molar-refractivity contribution in [2.45, 2.75) is 34.1 Å². The van der Waals surface area contributed by atoms with Crippen LogP contribution in [-0.4, -0.2) is 43.9 Å². The first-order valence-corrected chi connectivity index (χ1v) is 7.36. The SMILES string of the molecule is CC(C)C(C)(C)CNS(=O)(=O)N(C)CCC(=O)O. The molecule has 0 amide bonds. The summed E-state index contributed by atoms with van der Waals surface area (Å²) in [7, 11) is -2.23. The normalized spacial score (nSPS) is 13.3. The standard InChI is InChI=1S/C11H24N2O4S/c1-9(2)11(3,4)8-12-18(16,17)13(5)7-6-10(14)15/h9,12H,6-8H2,1-5H3,(H,14,15). The van der Waals surface area contributed by atoms with Crippen molar-refractivity contribution in [2.75, 3.05) is 20.1 Å². The Balaban J connectivity index is 4.44. The van der Waals surface area contributed by atoms with E-state index in [-0.39, 0.29) is 18.4 Å². The second kappa shape index (κ2) is 6.49. The van der Waals surface area contributed by atoms with Gasteiger partial charge in [0, 0.05) is 20.1 Å². The maximum absolute atomic E-state index is 11.8. The van der Waals surface area contributed by atoms with Gasteiger partial charge >= 0.3 is 5.97 Å². The summed E-state index contributed by atoms with van der Waals surface area (Å²) in [4.78, 5) is 10.4. The molecule has 18 heavy (non-hydrogen) atoms. The zero-order valence-electron chi connectivity index (χ0n) is 11.7. The number of rotatable bonds is 8. The van der Waals surface area contributed by atoms with E-state index in [1.54, 1.807) is 0 Å². The van der Waals surface area contributed by atoms with Gasteiger partial charge < -0.3 is 5.11 Å². The second-order valence-electron chi connectivity index (χ2n) is 5.43. The Bertz CT molecular complexity index is 377. The molecule has 108 valence electrons. The molecule has 0 unspecified atom stereocenters. The molecule has 0 rings (SSSR count). The molecule has 0 spiro atoms. The average Bonchev–Trinajstić information content (AvgIpc) is 2.23. The van der Waals surface area contributed by atoms with Gasteiger partial charge in [-0.2, -0.15) is 12.7 Å². The summed E-state index contributed by atoms with van der Waals surface area (Å²) >= 11 is 0. The third-order valence-corrected chi connectivity index (χ3v) is 4.84. The van der Waals surface area contributed by atoms with E-state index in [1.165, 1.54) is 7.05 Å². The summed E-state index contributed by atoms with van der Waals surface area (Å²) in [5, 5.41) is 8.52. The Labute approximate surface area is 110 Å². The lowest BCUT2D eigenvalue weighted by atomic mass is 9.81. The lowest BCUT2D eigenvalue weighted by Gasteiger charge is -2.30. The molecular formula is C11H24N2O4S. The van der Waals surface area contributed by atoms with Crippen LogP contribution >= 0.6 is 0 Å². The molecule has 0 atom stereocenters. The van der Waals surface area contributed by atoms with Crippen molar-refractivity contribution >= 4 is 16.2 Å². The highest BCUT2D eigenvalue weighted by molar-refractivity contribution is 7.87. The number of carboxylic acids is 1. The Hall–Kier alpha value is -0.660. The van der Waals surface area contributed by atoms with E-state index in [9.17, 15) is 13.2 Å². The number of aliphatic carboxylic acids is 1. The van der Waals surface area contributed by atoms with Gasteiger partial charge in [-0.15, -0.1) is 0 Å². The highest BCUT2D eigenvalue weighted by Crippen LogP contribution is 2.24. The van der Waals surface area contributed by atoms with Crippen LogP contribution < -0.4 is 4.72 Å². The molecule has 0 bridgehead atoms. The molecule has 7 heteroatoms. The van der Waals surface area contributed by atoms with Crippen LogP contribution in [0.5, 0.6) is 0 Å². The maximum Gasteiger partial charge on any atom is 0.304 e. The highest BCUT2D eigenvalue weighted by Gasteiger charge is 2.26. The fourth-order valence-electron chi connectivity index (χ4n) is 0.965. The van der Waals surface area contributed by atoms with E-state index in [2.05, 4.69) is 4.72 Å². The Kier molecular flexibility index (Phi) is 6.25. The van der Waals surface area contributed by atoms with E-state index in [0.29, 0.717) is 12.5 Å². The molecule has 0 aliphatic heterocycles. The summed E-state index contributed by atoms with van der Waals surface area (Å²) < 4.78 is 27.2. The maximum atomic E-state index is 11.8. The lowest BCUT2D eigenvalue weighted by molar-refractivity contribution is -0.137. The molecule has 0 aromatic heterocycles. The second-order valence-corrected chi connectivity index (χ2v) is 7.30. The Morgan fingerprint density at radius 2 is 1.89 bits per heavy atom. The minimum atomic E-state index is -3.60. The number of hydrogen-bond donors (Lipinski definition) is 2. The van der Waals surface area contributed by atoms with Gasteiger partial charge in [-0.1, -0.05) is 27.7 Å². The van der Waals surface area contributed by atoms with Crippen molar-refractivity contribution in [1.29, 1.82) is 0 Å². The molecule has 0 fully saturated rings. The summed E-state index contributed by atoms with van der Waals surface area (Å²) in [6.45, 7) is 8.32. The monoisotopic (exact) mass is 280 g/mol. The highest BCUT2D eigenvalue weighted by atomic mass is 32.2. The third-order valence-electron chi connectivity index (χ3n) is 3.32. The van der Waals surface area contributed by atoms with Crippen LogP contribution in [0, 0.1) is 11.3 Å². The number of carbonyl (C=O) groups is 1. The molecule has 0 saturated carbocycles. The summed E-state index contributed by atoms with van der Waals surface area (Å²) in [6.07, 6.45) is -0.203. The van der Waals surface area contributed by atoms with Crippen molar-refractivity contribution in [1.82, 2.24) is 9.03 Å². The van der Waals surface area contributed by atoms with Crippen molar-refractivity contribution in [3.63, 3.8) is 0 Å². The van der Waals surface area contributed by atoms with Crippen molar-refractivity contribution in [3.05, 3.63) is 0 Å². The van der Waals surface area contributed by atoms with Gasteiger partial charge in [0.15, 0.2) is 0 Å². The molecule has 2 N–H and O–H groups in total. The number of hydrogen-bond acceptors (Lipinski definition) is 3. The van der Waals surface area contributed by atoms with E-state index >= 15 is 0 Å². The topological polar surface area (TPSA) is 86.7 Å². The van der Waals surface area contributed by atoms with Crippen LogP contribution in [0.15, 0.2) is 0 Å². The average molecular weight is 280 g/mol. The van der Waals surface area contributed by atoms with Crippen LogP contribution in [0.3, 0.4) is 0 Å². The molecule has 0 aliphatic rings. The Morgan fingerprint density at radius 3 is 2.28 bits per heavy atom. The Morgan fingerprint density at radius 1 is 1.39 bits per heavy atom. The third kappa shape index (κ3) is 5.79. The van der Waals surface area contributed by atoms with Crippen LogP contribution in [0.25, 0.3) is 0 Å². The molecule has 0 heterocycles. The smallest absolute Gasteiger partial charge is 0.304 e. The summed E-state index contributed by atoms with van der Waals surface area (Å²) in [6, 6.07) is 0. The van der Waals surface area contributed by atoms with Gasteiger partial charge in [-0.3, -0.25) is 4.79 Å². The van der Waals surface area contributed by atoms with E-state index in [1.807, 2.05) is 27.7 Å². The fourth-order valence-corrected chi connectivity index (χ4v) is 2.07. The number of carboxylic acid groups (broad SMARTS) is 1.